The largest absolute Gasteiger partial charge is 0.247 e. The highest BCUT2D eigenvalue weighted by Gasteiger charge is 2.22. The molecule has 0 heterocycles. The first kappa shape index (κ1) is 24.2. The molecule has 0 spiro atoms. The van der Waals surface area contributed by atoms with Crippen LogP contribution in [0.4, 0.5) is 17.6 Å². The van der Waals surface area contributed by atoms with Crippen LogP contribution >= 0.6 is 0 Å². The molecule has 0 atom stereocenters. The molecule has 4 heteroatoms. The van der Waals surface area contributed by atoms with Gasteiger partial charge in [0.1, 0.15) is 12.3 Å². The van der Waals surface area contributed by atoms with Crippen molar-refractivity contribution in [2.45, 2.75) is 75.5 Å². The van der Waals surface area contributed by atoms with E-state index in [1.165, 1.54) is 0 Å². The van der Waals surface area contributed by atoms with E-state index in [4.69, 9.17) is 0 Å². The van der Waals surface area contributed by atoms with E-state index in [0.717, 1.165) is 36.8 Å². The van der Waals surface area contributed by atoms with E-state index in [2.05, 4.69) is 23.7 Å². The fourth-order valence-corrected chi connectivity index (χ4v) is 4.81. The second-order valence-corrected chi connectivity index (χ2v) is 9.27. The number of hydrogen-bond acceptors (Lipinski definition) is 0. The first-order valence-corrected chi connectivity index (χ1v) is 12.1. The van der Waals surface area contributed by atoms with Gasteiger partial charge in [-0.05, 0) is 110 Å². The topological polar surface area (TPSA) is 0 Å². The summed E-state index contributed by atoms with van der Waals surface area (Å²) in [6, 6.07) is 14.8. The molecule has 2 saturated carbocycles. The summed E-state index contributed by atoms with van der Waals surface area (Å²) in [5.74, 6) is 7.96. The summed E-state index contributed by atoms with van der Waals surface area (Å²) in [4.78, 5) is 0. The Balaban J connectivity index is 1.36. The Hall–Kier alpha value is -2.98. The predicted molar refractivity (Wildman–Crippen MR) is 128 cm³/mol. The zero-order valence-corrected chi connectivity index (χ0v) is 19.1. The number of halogens is 4. The Kier molecular flexibility index (Phi) is 8.12. The van der Waals surface area contributed by atoms with E-state index in [1.807, 2.05) is 24.3 Å². The molecule has 4 rings (SSSR count). The van der Waals surface area contributed by atoms with Crippen molar-refractivity contribution in [3.05, 3.63) is 82.4 Å². The summed E-state index contributed by atoms with van der Waals surface area (Å²) in [7, 11) is 0. The van der Waals surface area contributed by atoms with Crippen molar-refractivity contribution in [3.63, 3.8) is 0 Å². The lowest BCUT2D eigenvalue weighted by atomic mass is 9.83. The average molecular weight is 465 g/mol. The van der Waals surface area contributed by atoms with Gasteiger partial charge in [0.05, 0.1) is 0 Å². The molecule has 2 aliphatic rings. The molecule has 0 amide bonds. The zero-order valence-electron chi connectivity index (χ0n) is 19.1. The Morgan fingerprint density at radius 3 is 1.18 bits per heavy atom. The number of allylic oxidation sites excluding steroid dienone is 2. The van der Waals surface area contributed by atoms with E-state index < -0.39 is 24.0 Å². The van der Waals surface area contributed by atoms with Crippen LogP contribution in [0.15, 0.2) is 60.2 Å². The molecule has 0 saturated heterocycles. The van der Waals surface area contributed by atoms with Crippen molar-refractivity contribution < 1.29 is 17.6 Å². The molecule has 176 valence electrons. The van der Waals surface area contributed by atoms with Gasteiger partial charge in [0.15, 0.2) is 0 Å². The van der Waals surface area contributed by atoms with Crippen molar-refractivity contribution in [2.24, 2.45) is 0 Å². The van der Waals surface area contributed by atoms with E-state index >= 15 is 0 Å². The third kappa shape index (κ3) is 6.54. The van der Waals surface area contributed by atoms with Gasteiger partial charge >= 0.3 is 0 Å². The van der Waals surface area contributed by atoms with Crippen LogP contribution in [-0.4, -0.2) is 12.3 Å². The minimum atomic E-state index is -1.20. The molecule has 0 bridgehead atoms. The van der Waals surface area contributed by atoms with Gasteiger partial charge in [0.25, 0.3) is 0 Å². The minimum absolute atomic E-state index is 0.345. The second kappa shape index (κ2) is 11.4. The smallest absolute Gasteiger partial charge is 0.217 e. The first-order valence-electron chi connectivity index (χ1n) is 12.1. The quantitative estimate of drug-likeness (QED) is 0.310. The number of benzene rings is 2. The lowest BCUT2D eigenvalue weighted by Gasteiger charge is -2.24. The van der Waals surface area contributed by atoms with E-state index in [9.17, 15) is 17.6 Å². The van der Waals surface area contributed by atoms with Crippen LogP contribution in [0.1, 0.15) is 85.5 Å². The van der Waals surface area contributed by atoms with Gasteiger partial charge in [-0.15, -0.1) is 0 Å². The number of hydrogen-bond donors (Lipinski definition) is 0. The average Bonchev–Trinajstić information content (AvgIpc) is 2.87. The predicted octanol–water partition coefficient (Wildman–Crippen LogP) is 8.23. The van der Waals surface area contributed by atoms with Gasteiger partial charge in [0, 0.05) is 11.1 Å². The van der Waals surface area contributed by atoms with Crippen LogP contribution < -0.4 is 0 Å². The van der Waals surface area contributed by atoms with Crippen molar-refractivity contribution in [2.75, 3.05) is 0 Å². The molecule has 0 radical (unpaired) electrons. The molecule has 0 N–H and O–H groups in total. The molecule has 0 unspecified atom stereocenters. The Morgan fingerprint density at radius 1 is 0.529 bits per heavy atom. The molecule has 0 nitrogen and oxygen atoms in total. The summed E-state index contributed by atoms with van der Waals surface area (Å²) in [5, 5.41) is 0. The molecule has 2 aromatic rings. The SMILES string of the molecule is FC(C#Cc1ccc(C2CCC(F)CC2)cc1)=C(F)C#Cc1ccc(C2CCC(F)CC2)cc1. The fraction of sp³-hybridized carbons (Fsp3) is 0.400. The van der Waals surface area contributed by atoms with E-state index in [1.54, 1.807) is 24.3 Å². The Morgan fingerprint density at radius 2 is 0.853 bits per heavy atom. The van der Waals surface area contributed by atoms with Crippen molar-refractivity contribution in [1.82, 2.24) is 0 Å². The lowest BCUT2D eigenvalue weighted by molar-refractivity contribution is 0.235. The maximum atomic E-state index is 14.1. The normalized spacial score (nSPS) is 25.3. The highest BCUT2D eigenvalue weighted by atomic mass is 19.2. The highest BCUT2D eigenvalue weighted by Crippen LogP contribution is 2.35. The van der Waals surface area contributed by atoms with Crippen LogP contribution in [0, 0.1) is 23.7 Å². The molecule has 34 heavy (non-hydrogen) atoms. The summed E-state index contributed by atoms with van der Waals surface area (Å²) in [5.41, 5.74) is 3.42. The molecule has 2 fully saturated rings. The molecule has 2 aromatic carbocycles. The van der Waals surface area contributed by atoms with Gasteiger partial charge in [0.2, 0.25) is 11.7 Å². The maximum absolute atomic E-state index is 14.1. The van der Waals surface area contributed by atoms with Gasteiger partial charge in [-0.2, -0.15) is 8.78 Å². The van der Waals surface area contributed by atoms with Crippen LogP contribution in [-0.2, 0) is 0 Å². The molecule has 0 aliphatic heterocycles. The first-order chi connectivity index (χ1) is 16.5. The summed E-state index contributed by atoms with van der Waals surface area (Å²) in [6.45, 7) is 0. The van der Waals surface area contributed by atoms with Gasteiger partial charge < -0.3 is 0 Å². The standard InChI is InChI=1S/C30H28F4/c31-27-15-11-25(12-16-27)23-7-1-21(2-8-23)5-19-29(33)30(34)20-6-22-3-9-24(10-4-22)26-13-17-28(32)18-14-26/h1-4,7-10,25-28H,11-18H2. The van der Waals surface area contributed by atoms with Crippen LogP contribution in [0.25, 0.3) is 0 Å². The highest BCUT2D eigenvalue weighted by molar-refractivity contribution is 5.46. The number of alkyl halides is 2. The van der Waals surface area contributed by atoms with Crippen LogP contribution in [0.2, 0.25) is 0 Å². The van der Waals surface area contributed by atoms with Crippen molar-refractivity contribution in [3.8, 4) is 23.7 Å². The molecule has 0 aromatic heterocycles. The second-order valence-electron chi connectivity index (χ2n) is 9.27. The Bertz CT molecular complexity index is 1020. The van der Waals surface area contributed by atoms with Crippen molar-refractivity contribution in [1.29, 1.82) is 0 Å². The summed E-state index contributed by atoms with van der Waals surface area (Å²) >= 11 is 0. The minimum Gasteiger partial charge on any atom is -0.247 e. The number of rotatable bonds is 2. The third-order valence-corrected chi connectivity index (χ3v) is 6.90. The van der Waals surface area contributed by atoms with E-state index in [0.29, 0.717) is 48.6 Å². The maximum Gasteiger partial charge on any atom is 0.217 e. The van der Waals surface area contributed by atoms with Gasteiger partial charge in [-0.3, -0.25) is 0 Å². The molecular weight excluding hydrogens is 436 g/mol. The third-order valence-electron chi connectivity index (χ3n) is 6.90. The lowest BCUT2D eigenvalue weighted by Crippen LogP contribution is -2.13. The van der Waals surface area contributed by atoms with E-state index in [-0.39, 0.29) is 0 Å². The van der Waals surface area contributed by atoms with Crippen LogP contribution in [0.3, 0.4) is 0 Å². The summed E-state index contributed by atoms with van der Waals surface area (Å²) in [6.07, 6.45) is 4.30. The van der Waals surface area contributed by atoms with Crippen molar-refractivity contribution >= 4 is 0 Å². The van der Waals surface area contributed by atoms with Crippen LogP contribution in [0.5, 0.6) is 0 Å². The zero-order chi connectivity index (χ0) is 23.9. The fourth-order valence-electron chi connectivity index (χ4n) is 4.81. The monoisotopic (exact) mass is 464 g/mol. The summed E-state index contributed by atoms with van der Waals surface area (Å²) < 4.78 is 54.8. The van der Waals surface area contributed by atoms with Gasteiger partial charge in [-0.1, -0.05) is 36.1 Å². The Labute approximate surface area is 199 Å². The molecular formula is C30H28F4. The van der Waals surface area contributed by atoms with Gasteiger partial charge in [-0.25, -0.2) is 8.78 Å². The molecule has 2 aliphatic carbocycles.